The van der Waals surface area contributed by atoms with Gasteiger partial charge in [-0.05, 0) is 42.7 Å². The molecule has 2 N–H and O–H groups in total. The number of nitrogens with zero attached hydrogens (tertiary/aromatic N) is 2. The molecule has 152 valence electrons. The fourth-order valence-corrected chi connectivity index (χ4v) is 3.00. The number of anilines is 2. The molecule has 1 aliphatic rings. The Balaban J connectivity index is 1.56. The van der Waals surface area contributed by atoms with Crippen LogP contribution in [0.3, 0.4) is 0 Å². The number of benzene rings is 1. The van der Waals surface area contributed by atoms with E-state index in [9.17, 15) is 18.4 Å². The Bertz CT molecular complexity index is 1120. The molecule has 2 heterocycles. The molecule has 6 nitrogen and oxygen atoms in total. The maximum absolute atomic E-state index is 14.5. The van der Waals surface area contributed by atoms with Gasteiger partial charge >= 0.3 is 0 Å². The Morgan fingerprint density at radius 3 is 2.60 bits per heavy atom. The van der Waals surface area contributed by atoms with Gasteiger partial charge in [0.1, 0.15) is 18.3 Å². The number of hydrogen-bond donors (Lipinski definition) is 2. The molecule has 30 heavy (non-hydrogen) atoms. The van der Waals surface area contributed by atoms with Crippen molar-refractivity contribution in [3.63, 3.8) is 0 Å². The highest BCUT2D eigenvalue weighted by atomic mass is 19.1. The number of pyridine rings is 2. The smallest absolute Gasteiger partial charge is 0.255 e. The van der Waals surface area contributed by atoms with Crippen LogP contribution in [0.4, 0.5) is 20.3 Å². The second kappa shape index (κ2) is 8.36. The van der Waals surface area contributed by atoms with Gasteiger partial charge in [-0.3, -0.25) is 14.6 Å². The Labute approximate surface area is 171 Å². The molecule has 0 spiro atoms. The van der Waals surface area contributed by atoms with E-state index < -0.39 is 18.4 Å². The van der Waals surface area contributed by atoms with Crippen molar-refractivity contribution in [1.29, 1.82) is 0 Å². The van der Waals surface area contributed by atoms with Crippen LogP contribution in [0.15, 0.2) is 55.0 Å². The minimum Gasteiger partial charge on any atom is -0.320 e. The largest absolute Gasteiger partial charge is 0.320 e. The molecule has 1 saturated carbocycles. The fraction of sp³-hybridized carbons (Fsp3) is 0.182. The van der Waals surface area contributed by atoms with Crippen LogP contribution < -0.4 is 10.6 Å². The molecule has 2 amide bonds. The van der Waals surface area contributed by atoms with E-state index in [1.54, 1.807) is 6.07 Å². The number of amides is 2. The van der Waals surface area contributed by atoms with Crippen molar-refractivity contribution < 1.29 is 18.4 Å². The molecule has 0 bridgehead atoms. The van der Waals surface area contributed by atoms with Crippen LogP contribution in [-0.2, 0) is 11.5 Å². The molecule has 0 radical (unpaired) electrons. The minimum atomic E-state index is -0.765. The average molecular weight is 408 g/mol. The average Bonchev–Trinajstić information content (AvgIpc) is 3.60. The fourth-order valence-electron chi connectivity index (χ4n) is 3.00. The quantitative estimate of drug-likeness (QED) is 0.635. The molecule has 0 aliphatic heterocycles. The van der Waals surface area contributed by atoms with Gasteiger partial charge in [0.25, 0.3) is 5.91 Å². The highest BCUT2D eigenvalue weighted by Gasteiger charge is 2.29. The topological polar surface area (TPSA) is 84.0 Å². The van der Waals surface area contributed by atoms with Gasteiger partial charge in [0.2, 0.25) is 5.91 Å². The lowest BCUT2D eigenvalue weighted by Gasteiger charge is -2.12. The first-order chi connectivity index (χ1) is 14.5. The summed E-state index contributed by atoms with van der Waals surface area (Å²) < 4.78 is 27.2. The first-order valence-corrected chi connectivity index (χ1v) is 9.42. The third-order valence-electron chi connectivity index (χ3n) is 4.77. The molecule has 0 atom stereocenters. The van der Waals surface area contributed by atoms with Crippen molar-refractivity contribution in [3.8, 4) is 11.1 Å². The van der Waals surface area contributed by atoms with E-state index in [1.807, 2.05) is 0 Å². The predicted octanol–water partition coefficient (Wildman–Crippen LogP) is 4.35. The van der Waals surface area contributed by atoms with Crippen LogP contribution in [0.25, 0.3) is 11.1 Å². The molecule has 1 aliphatic carbocycles. The lowest BCUT2D eigenvalue weighted by Crippen LogP contribution is -2.16. The molecule has 2 aromatic heterocycles. The van der Waals surface area contributed by atoms with E-state index in [4.69, 9.17) is 0 Å². The summed E-state index contributed by atoms with van der Waals surface area (Å²) in [5.74, 6) is -0.864. The van der Waals surface area contributed by atoms with Crippen LogP contribution in [0.5, 0.6) is 0 Å². The molecular weight excluding hydrogens is 390 g/mol. The maximum atomic E-state index is 14.5. The number of carbonyl (C=O) groups excluding carboxylic acids is 2. The van der Waals surface area contributed by atoms with Crippen molar-refractivity contribution in [1.82, 2.24) is 9.97 Å². The Kier molecular flexibility index (Phi) is 5.47. The zero-order chi connectivity index (χ0) is 21.1. The summed E-state index contributed by atoms with van der Waals surface area (Å²) in [5, 5.41) is 5.41. The standard InChI is InChI=1S/C22H18F2N4O2/c23-11-13-1-4-16(18(24)9-13)17-6-7-25-12-19(17)27-22(30)15-5-8-26-20(10-15)28-21(29)14-2-3-14/h1,4-10,12,14H,2-3,11H2,(H,27,30)(H,26,28,29). The van der Waals surface area contributed by atoms with E-state index in [0.29, 0.717) is 17.1 Å². The van der Waals surface area contributed by atoms with Crippen LogP contribution in [0, 0.1) is 11.7 Å². The summed E-state index contributed by atoms with van der Waals surface area (Å²) in [7, 11) is 0. The Morgan fingerprint density at radius 2 is 1.87 bits per heavy atom. The number of halogens is 2. The number of carbonyl (C=O) groups is 2. The van der Waals surface area contributed by atoms with Gasteiger partial charge in [-0.15, -0.1) is 0 Å². The number of nitrogens with one attached hydrogen (secondary N) is 2. The van der Waals surface area contributed by atoms with Crippen molar-refractivity contribution in [3.05, 3.63) is 71.9 Å². The van der Waals surface area contributed by atoms with E-state index in [2.05, 4.69) is 20.6 Å². The summed E-state index contributed by atoms with van der Waals surface area (Å²) in [6.45, 7) is -0.765. The summed E-state index contributed by atoms with van der Waals surface area (Å²) in [5.41, 5.74) is 1.44. The SMILES string of the molecule is O=C(Nc1cnccc1-c1ccc(CF)cc1F)c1ccnc(NC(=O)C2CC2)c1. The van der Waals surface area contributed by atoms with Gasteiger partial charge in [0.05, 0.1) is 11.9 Å². The highest BCUT2D eigenvalue weighted by molar-refractivity contribution is 6.07. The summed E-state index contributed by atoms with van der Waals surface area (Å²) in [6.07, 6.45) is 6.03. The second-order valence-electron chi connectivity index (χ2n) is 7.02. The van der Waals surface area contributed by atoms with E-state index in [0.717, 1.165) is 18.9 Å². The molecule has 0 saturated heterocycles. The zero-order valence-electron chi connectivity index (χ0n) is 15.9. The lowest BCUT2D eigenvalue weighted by atomic mass is 10.0. The van der Waals surface area contributed by atoms with E-state index in [1.165, 1.54) is 42.9 Å². The van der Waals surface area contributed by atoms with Crippen LogP contribution in [0.1, 0.15) is 28.8 Å². The third kappa shape index (κ3) is 4.32. The van der Waals surface area contributed by atoms with Gasteiger partial charge in [0.15, 0.2) is 0 Å². The molecule has 1 fully saturated rings. The van der Waals surface area contributed by atoms with Crippen LogP contribution in [0.2, 0.25) is 0 Å². The van der Waals surface area contributed by atoms with Gasteiger partial charge in [0, 0.05) is 35.0 Å². The molecule has 1 aromatic carbocycles. The summed E-state index contributed by atoms with van der Waals surface area (Å²) in [4.78, 5) is 32.7. The molecular formula is C22H18F2N4O2. The number of aromatic nitrogens is 2. The monoisotopic (exact) mass is 408 g/mol. The normalized spacial score (nSPS) is 13.0. The second-order valence-corrected chi connectivity index (χ2v) is 7.02. The third-order valence-corrected chi connectivity index (χ3v) is 4.77. The van der Waals surface area contributed by atoms with Gasteiger partial charge in [-0.2, -0.15) is 0 Å². The van der Waals surface area contributed by atoms with Crippen LogP contribution in [-0.4, -0.2) is 21.8 Å². The molecule has 4 rings (SSSR count). The predicted molar refractivity (Wildman–Crippen MR) is 108 cm³/mol. The lowest BCUT2D eigenvalue weighted by molar-refractivity contribution is -0.117. The minimum absolute atomic E-state index is 0.0147. The van der Waals surface area contributed by atoms with Gasteiger partial charge in [-0.1, -0.05) is 12.1 Å². The molecule has 0 unspecified atom stereocenters. The summed E-state index contributed by atoms with van der Waals surface area (Å²) in [6, 6.07) is 8.63. The first kappa shape index (κ1) is 19.6. The highest BCUT2D eigenvalue weighted by Crippen LogP contribution is 2.31. The summed E-state index contributed by atoms with van der Waals surface area (Å²) >= 11 is 0. The number of alkyl halides is 1. The number of rotatable bonds is 6. The van der Waals surface area contributed by atoms with Gasteiger partial charge < -0.3 is 10.6 Å². The van der Waals surface area contributed by atoms with Crippen molar-refractivity contribution in [2.45, 2.75) is 19.5 Å². The van der Waals surface area contributed by atoms with Crippen molar-refractivity contribution in [2.24, 2.45) is 5.92 Å². The Hall–Kier alpha value is -3.68. The van der Waals surface area contributed by atoms with Crippen molar-refractivity contribution in [2.75, 3.05) is 10.6 Å². The van der Waals surface area contributed by atoms with Crippen molar-refractivity contribution >= 4 is 23.3 Å². The number of hydrogen-bond acceptors (Lipinski definition) is 4. The van der Waals surface area contributed by atoms with E-state index in [-0.39, 0.29) is 28.5 Å². The first-order valence-electron chi connectivity index (χ1n) is 9.42. The van der Waals surface area contributed by atoms with Crippen LogP contribution >= 0.6 is 0 Å². The zero-order valence-corrected chi connectivity index (χ0v) is 15.9. The van der Waals surface area contributed by atoms with Gasteiger partial charge in [-0.25, -0.2) is 13.8 Å². The van der Waals surface area contributed by atoms with E-state index >= 15 is 0 Å². The maximum Gasteiger partial charge on any atom is 0.255 e. The molecule has 3 aromatic rings. The Morgan fingerprint density at radius 1 is 1.03 bits per heavy atom. The molecule has 8 heteroatoms.